The minimum absolute atomic E-state index is 0.336. The normalized spacial score (nSPS) is 18.3. The van der Waals surface area contributed by atoms with Gasteiger partial charge in [-0.3, -0.25) is 0 Å². The number of hydrogen-bond donors (Lipinski definition) is 4. The van der Waals surface area contributed by atoms with E-state index in [0.29, 0.717) is 29.2 Å². The lowest BCUT2D eigenvalue weighted by Crippen LogP contribution is -2.41. The molecule has 4 amide bonds. The second-order valence-corrected chi connectivity index (χ2v) is 15.1. The van der Waals surface area contributed by atoms with E-state index < -0.39 is 36.6 Å². The summed E-state index contributed by atoms with van der Waals surface area (Å²) in [5, 5.41) is 11.5. The van der Waals surface area contributed by atoms with E-state index in [1.54, 1.807) is 0 Å². The molecular weight excluding hydrogens is 642 g/mol. The Labute approximate surface area is 301 Å². The Morgan fingerprint density at radius 3 is 0.922 bits per heavy atom. The Morgan fingerprint density at radius 2 is 0.667 bits per heavy atom. The van der Waals surface area contributed by atoms with Crippen LogP contribution in [0.4, 0.5) is 32.3 Å². The van der Waals surface area contributed by atoms with Crippen LogP contribution in [0.1, 0.15) is 66.5 Å². The van der Waals surface area contributed by atoms with Gasteiger partial charge in [0.25, 0.3) is 0 Å². The van der Waals surface area contributed by atoms with Crippen LogP contribution in [0.25, 0.3) is 0 Å². The van der Waals surface area contributed by atoms with Gasteiger partial charge >= 0.3 is 26.3 Å². The van der Waals surface area contributed by atoms with Gasteiger partial charge in [0.1, 0.15) is 0 Å². The molecule has 0 bridgehead atoms. The predicted molar refractivity (Wildman–Crippen MR) is 205 cm³/mol. The van der Waals surface area contributed by atoms with E-state index in [-0.39, 0.29) is 12.1 Å². The van der Waals surface area contributed by atoms with Gasteiger partial charge in [-0.1, -0.05) is 48.5 Å². The van der Waals surface area contributed by atoms with Crippen LogP contribution in [0.2, 0.25) is 0 Å². The summed E-state index contributed by atoms with van der Waals surface area (Å²) in [4.78, 5) is 25.3. The van der Waals surface area contributed by atoms with Gasteiger partial charge in [-0.2, -0.15) is 0 Å². The van der Waals surface area contributed by atoms with Crippen molar-refractivity contribution in [3.8, 4) is 0 Å². The van der Waals surface area contributed by atoms with E-state index >= 15 is 0 Å². The zero-order chi connectivity index (χ0) is 36.6. The fourth-order valence-corrected chi connectivity index (χ4v) is 5.64. The third kappa shape index (κ3) is 8.31. The fourth-order valence-electron chi connectivity index (χ4n) is 5.64. The van der Waals surface area contributed by atoms with Crippen LogP contribution in [0.3, 0.4) is 0 Å². The summed E-state index contributed by atoms with van der Waals surface area (Å²) >= 11 is 0. The molecule has 4 aromatic carbocycles. The van der Waals surface area contributed by atoms with Crippen molar-refractivity contribution in [2.45, 2.75) is 84.2 Å². The molecule has 12 heteroatoms. The minimum atomic E-state index is -0.456. The average molecular weight is 688 g/mol. The molecule has 2 aliphatic rings. The smallest absolute Gasteiger partial charge is 0.399 e. The van der Waals surface area contributed by atoms with Gasteiger partial charge in [0.15, 0.2) is 0 Å². The number of benzene rings is 4. The van der Waals surface area contributed by atoms with Crippen molar-refractivity contribution in [2.24, 2.45) is 0 Å². The van der Waals surface area contributed by atoms with Crippen LogP contribution < -0.4 is 32.2 Å². The first-order valence-corrected chi connectivity index (χ1v) is 17.2. The summed E-state index contributed by atoms with van der Waals surface area (Å²) in [5.41, 5.74) is 4.96. The molecule has 51 heavy (non-hydrogen) atoms. The molecular formula is C39H46B2N4O6. The van der Waals surface area contributed by atoms with Gasteiger partial charge in [0, 0.05) is 22.7 Å². The maximum Gasteiger partial charge on any atom is 0.494 e. The molecule has 264 valence electrons. The number of anilines is 4. The molecule has 4 N–H and O–H groups in total. The number of nitrogens with one attached hydrogen (secondary N) is 4. The summed E-state index contributed by atoms with van der Waals surface area (Å²) in [5.74, 6) is 0. The van der Waals surface area contributed by atoms with E-state index in [0.717, 1.165) is 22.1 Å². The minimum Gasteiger partial charge on any atom is -0.399 e. The van der Waals surface area contributed by atoms with Crippen LogP contribution >= 0.6 is 0 Å². The number of urea groups is 2. The molecule has 2 aliphatic heterocycles. The van der Waals surface area contributed by atoms with Crippen LogP contribution in [0, 0.1) is 0 Å². The quantitative estimate of drug-likeness (QED) is 0.146. The maximum absolute atomic E-state index is 12.7. The number of carbonyl (C=O) groups excluding carboxylic acids is 2. The summed E-state index contributed by atoms with van der Waals surface area (Å²) in [6.07, 6.45) is 0.698. The largest absolute Gasteiger partial charge is 0.494 e. The number of hydrogen-bond acceptors (Lipinski definition) is 6. The molecule has 2 saturated heterocycles. The van der Waals surface area contributed by atoms with Crippen LogP contribution in [-0.4, -0.2) is 48.7 Å². The topological polar surface area (TPSA) is 119 Å². The van der Waals surface area contributed by atoms with Crippen molar-refractivity contribution in [3.05, 3.63) is 108 Å². The number of amides is 4. The molecule has 4 aromatic rings. The lowest BCUT2D eigenvalue weighted by molar-refractivity contribution is 0.00578. The highest BCUT2D eigenvalue weighted by Gasteiger charge is 2.52. The number of carbonyl (C=O) groups is 2. The monoisotopic (exact) mass is 688 g/mol. The maximum atomic E-state index is 12.7. The molecule has 0 atom stereocenters. The van der Waals surface area contributed by atoms with Gasteiger partial charge < -0.3 is 39.9 Å². The van der Waals surface area contributed by atoms with Crippen LogP contribution in [0.5, 0.6) is 0 Å². The molecule has 0 spiro atoms. The van der Waals surface area contributed by atoms with Gasteiger partial charge in [-0.25, -0.2) is 9.59 Å². The van der Waals surface area contributed by atoms with Gasteiger partial charge in [0.05, 0.1) is 22.4 Å². The highest BCUT2D eigenvalue weighted by atomic mass is 16.7. The fraction of sp³-hybridized carbons (Fsp3) is 0.333. The van der Waals surface area contributed by atoms with Crippen molar-refractivity contribution < 1.29 is 28.2 Å². The SMILES string of the molecule is CC1(C)OB(c2ccc(NC(=O)Nc3ccc(Cc4ccc(NC(=O)Nc5ccc(B6OC(C)(C)C(C)(C)O6)cc5)cc4)cc3)cc2)OC1(C)C. The molecule has 2 fully saturated rings. The first-order valence-electron chi connectivity index (χ1n) is 17.2. The summed E-state index contributed by atoms with van der Waals surface area (Å²) < 4.78 is 24.4. The standard InChI is InChI=1S/C39H46B2N4O6/c1-36(2)37(3,4)49-40(48-36)28-13-21-32(22-14-28)44-34(46)42-30-17-9-26(10-18-30)25-27-11-19-31(20-12-27)43-35(47)45-33-23-15-29(16-24-33)41-50-38(5,6)39(7,8)51-41/h9-24H,25H2,1-8H3,(H2,42,44,46)(H2,43,45,47). The number of rotatable bonds is 8. The molecule has 0 aliphatic carbocycles. The Kier molecular flexibility index (Phi) is 9.82. The third-order valence-electron chi connectivity index (χ3n) is 10.2. The van der Waals surface area contributed by atoms with Crippen molar-refractivity contribution in [1.82, 2.24) is 0 Å². The van der Waals surface area contributed by atoms with Crippen molar-refractivity contribution in [1.29, 1.82) is 0 Å². The van der Waals surface area contributed by atoms with Crippen LogP contribution in [-0.2, 0) is 25.0 Å². The highest BCUT2D eigenvalue weighted by Crippen LogP contribution is 2.37. The Bertz CT molecular complexity index is 1690. The molecule has 10 nitrogen and oxygen atoms in total. The van der Waals surface area contributed by atoms with Gasteiger partial charge in [-0.05, 0) is 132 Å². The van der Waals surface area contributed by atoms with Crippen molar-refractivity contribution >= 4 is 60.0 Å². The van der Waals surface area contributed by atoms with E-state index in [9.17, 15) is 9.59 Å². The van der Waals surface area contributed by atoms with Crippen LogP contribution in [0.15, 0.2) is 97.1 Å². The Morgan fingerprint density at radius 1 is 0.431 bits per heavy atom. The van der Waals surface area contributed by atoms with Crippen molar-refractivity contribution in [2.75, 3.05) is 21.3 Å². The lowest BCUT2D eigenvalue weighted by atomic mass is 9.79. The molecule has 0 aromatic heterocycles. The molecule has 0 saturated carbocycles. The second kappa shape index (κ2) is 13.8. The average Bonchev–Trinajstić information content (AvgIpc) is 3.42. The van der Waals surface area contributed by atoms with E-state index in [1.165, 1.54) is 0 Å². The molecule has 0 unspecified atom stereocenters. The zero-order valence-electron chi connectivity index (χ0n) is 30.5. The van der Waals surface area contributed by atoms with Crippen molar-refractivity contribution in [3.63, 3.8) is 0 Å². The Hall–Kier alpha value is -4.61. The molecule has 6 rings (SSSR count). The molecule has 0 radical (unpaired) electrons. The summed E-state index contributed by atoms with van der Waals surface area (Å²) in [6.45, 7) is 16.2. The third-order valence-corrected chi connectivity index (χ3v) is 10.2. The van der Waals surface area contributed by atoms with E-state index in [2.05, 4.69) is 21.3 Å². The zero-order valence-corrected chi connectivity index (χ0v) is 30.5. The summed E-state index contributed by atoms with van der Waals surface area (Å²) in [7, 11) is -0.912. The van der Waals surface area contributed by atoms with Gasteiger partial charge in [0.2, 0.25) is 0 Å². The predicted octanol–water partition coefficient (Wildman–Crippen LogP) is 7.16. The lowest BCUT2D eigenvalue weighted by Gasteiger charge is -2.32. The first kappa shape index (κ1) is 36.2. The van der Waals surface area contributed by atoms with Gasteiger partial charge in [-0.15, -0.1) is 0 Å². The second-order valence-electron chi connectivity index (χ2n) is 15.1. The summed E-state index contributed by atoms with van der Waals surface area (Å²) in [6, 6.07) is 29.7. The molecule has 2 heterocycles. The van der Waals surface area contributed by atoms with E-state index in [4.69, 9.17) is 18.6 Å². The highest BCUT2D eigenvalue weighted by molar-refractivity contribution is 6.62. The van der Waals surface area contributed by atoms with E-state index in [1.807, 2.05) is 152 Å². The first-order chi connectivity index (χ1) is 24.0. The Balaban J connectivity index is 0.942.